The highest BCUT2D eigenvalue weighted by atomic mass is 16.5. The zero-order valence-electron chi connectivity index (χ0n) is 9.33. The van der Waals surface area contributed by atoms with Crippen LogP contribution in [0.3, 0.4) is 0 Å². The highest BCUT2D eigenvalue weighted by Crippen LogP contribution is 2.13. The largest absolute Gasteiger partial charge is 0.376 e. The minimum absolute atomic E-state index is 0.0375. The maximum Gasteiger partial charge on any atom is 0.224 e. The van der Waals surface area contributed by atoms with E-state index in [0.717, 1.165) is 19.4 Å². The number of amides is 2. The Balaban J connectivity index is 1.68. The van der Waals surface area contributed by atoms with Crippen molar-refractivity contribution in [2.75, 3.05) is 19.7 Å². The molecule has 16 heavy (non-hydrogen) atoms. The van der Waals surface area contributed by atoms with Gasteiger partial charge in [-0.05, 0) is 19.3 Å². The molecule has 2 aliphatic heterocycles. The molecule has 0 bridgehead atoms. The van der Waals surface area contributed by atoms with Crippen LogP contribution in [-0.2, 0) is 14.3 Å². The SMILES string of the molecule is O=C1CCC(C(=O)NCC2CCCO2)CN1. The summed E-state index contributed by atoms with van der Waals surface area (Å²) in [6.45, 7) is 1.87. The van der Waals surface area contributed by atoms with E-state index in [9.17, 15) is 9.59 Å². The minimum atomic E-state index is -0.0703. The van der Waals surface area contributed by atoms with Gasteiger partial charge in [0.2, 0.25) is 11.8 Å². The molecule has 0 radical (unpaired) electrons. The van der Waals surface area contributed by atoms with E-state index in [1.54, 1.807) is 0 Å². The number of carbonyl (C=O) groups is 2. The van der Waals surface area contributed by atoms with E-state index >= 15 is 0 Å². The van der Waals surface area contributed by atoms with Gasteiger partial charge in [0.25, 0.3) is 0 Å². The fourth-order valence-corrected chi connectivity index (χ4v) is 2.12. The molecule has 0 aromatic rings. The number of nitrogens with one attached hydrogen (secondary N) is 2. The van der Waals surface area contributed by atoms with Crippen LogP contribution in [0.4, 0.5) is 0 Å². The Labute approximate surface area is 94.9 Å². The van der Waals surface area contributed by atoms with E-state index in [1.165, 1.54) is 0 Å². The lowest BCUT2D eigenvalue weighted by molar-refractivity contribution is -0.129. The van der Waals surface area contributed by atoms with E-state index in [-0.39, 0.29) is 23.8 Å². The second-order valence-corrected chi connectivity index (χ2v) is 4.42. The molecule has 0 saturated carbocycles. The van der Waals surface area contributed by atoms with Crippen molar-refractivity contribution in [3.05, 3.63) is 0 Å². The first kappa shape index (κ1) is 11.4. The van der Waals surface area contributed by atoms with Crippen LogP contribution in [0.2, 0.25) is 0 Å². The molecule has 0 aliphatic carbocycles. The smallest absolute Gasteiger partial charge is 0.224 e. The molecule has 2 saturated heterocycles. The van der Waals surface area contributed by atoms with E-state index in [0.29, 0.717) is 25.9 Å². The van der Waals surface area contributed by atoms with Crippen LogP contribution in [0, 0.1) is 5.92 Å². The molecule has 2 heterocycles. The normalized spacial score (nSPS) is 29.9. The fourth-order valence-electron chi connectivity index (χ4n) is 2.12. The molecule has 0 aromatic carbocycles. The van der Waals surface area contributed by atoms with Gasteiger partial charge in [0.05, 0.1) is 12.0 Å². The van der Waals surface area contributed by atoms with E-state index in [4.69, 9.17) is 4.74 Å². The molecule has 2 unspecified atom stereocenters. The molecule has 2 fully saturated rings. The molecule has 5 nitrogen and oxygen atoms in total. The quantitative estimate of drug-likeness (QED) is 0.701. The topological polar surface area (TPSA) is 67.4 Å². The van der Waals surface area contributed by atoms with E-state index < -0.39 is 0 Å². The predicted molar refractivity (Wildman–Crippen MR) is 57.7 cm³/mol. The minimum Gasteiger partial charge on any atom is -0.376 e. The van der Waals surface area contributed by atoms with Crippen LogP contribution in [0.5, 0.6) is 0 Å². The Hall–Kier alpha value is -1.10. The van der Waals surface area contributed by atoms with E-state index in [2.05, 4.69) is 10.6 Å². The number of piperidine rings is 1. The Bertz CT molecular complexity index is 264. The number of hydrogen-bond donors (Lipinski definition) is 2. The number of hydrogen-bond acceptors (Lipinski definition) is 3. The van der Waals surface area contributed by atoms with Gasteiger partial charge in [-0.3, -0.25) is 9.59 Å². The average Bonchev–Trinajstić information content (AvgIpc) is 2.80. The molecule has 2 rings (SSSR count). The van der Waals surface area contributed by atoms with Crippen LogP contribution in [0.25, 0.3) is 0 Å². The lowest BCUT2D eigenvalue weighted by atomic mass is 9.98. The van der Waals surface area contributed by atoms with Crippen LogP contribution in [-0.4, -0.2) is 37.6 Å². The van der Waals surface area contributed by atoms with Crippen molar-refractivity contribution < 1.29 is 14.3 Å². The summed E-state index contributed by atoms with van der Waals surface area (Å²) in [5.41, 5.74) is 0. The summed E-state index contributed by atoms with van der Waals surface area (Å²) >= 11 is 0. The molecule has 0 spiro atoms. The summed E-state index contributed by atoms with van der Waals surface area (Å²) in [6.07, 6.45) is 3.41. The second-order valence-electron chi connectivity index (χ2n) is 4.42. The molecular weight excluding hydrogens is 208 g/mol. The third-order valence-corrected chi connectivity index (χ3v) is 3.16. The van der Waals surface area contributed by atoms with Gasteiger partial charge < -0.3 is 15.4 Å². The summed E-state index contributed by atoms with van der Waals surface area (Å²) in [5, 5.41) is 5.60. The van der Waals surface area contributed by atoms with Crippen molar-refractivity contribution in [3.63, 3.8) is 0 Å². The monoisotopic (exact) mass is 226 g/mol. The molecule has 2 amide bonds. The van der Waals surface area contributed by atoms with Crippen molar-refractivity contribution in [3.8, 4) is 0 Å². The van der Waals surface area contributed by atoms with Gasteiger partial charge in [0.15, 0.2) is 0 Å². The molecule has 0 aromatic heterocycles. The van der Waals surface area contributed by atoms with Gasteiger partial charge in [0.1, 0.15) is 0 Å². The van der Waals surface area contributed by atoms with Crippen LogP contribution < -0.4 is 10.6 Å². The zero-order chi connectivity index (χ0) is 11.4. The first-order valence-corrected chi connectivity index (χ1v) is 5.91. The van der Waals surface area contributed by atoms with E-state index in [1.807, 2.05) is 0 Å². The number of ether oxygens (including phenoxy) is 1. The maximum absolute atomic E-state index is 11.7. The zero-order valence-corrected chi connectivity index (χ0v) is 9.33. The molecule has 90 valence electrons. The Morgan fingerprint density at radius 3 is 3.00 bits per heavy atom. The maximum atomic E-state index is 11.7. The Morgan fingerprint density at radius 2 is 2.38 bits per heavy atom. The Morgan fingerprint density at radius 1 is 1.50 bits per heavy atom. The van der Waals surface area contributed by atoms with Gasteiger partial charge in [0, 0.05) is 26.1 Å². The first-order valence-electron chi connectivity index (χ1n) is 5.91. The number of rotatable bonds is 3. The molecule has 2 atom stereocenters. The summed E-state index contributed by atoms with van der Waals surface area (Å²) in [7, 11) is 0. The lowest BCUT2D eigenvalue weighted by Crippen LogP contribution is -2.44. The third kappa shape index (κ3) is 2.95. The summed E-state index contributed by atoms with van der Waals surface area (Å²) in [4.78, 5) is 22.7. The summed E-state index contributed by atoms with van der Waals surface area (Å²) < 4.78 is 5.42. The standard InChI is InChI=1S/C11H18N2O3/c14-10-4-3-8(6-12-10)11(15)13-7-9-2-1-5-16-9/h8-9H,1-7H2,(H,12,14)(H,13,15). The van der Waals surface area contributed by atoms with Crippen molar-refractivity contribution in [2.45, 2.75) is 31.8 Å². The fraction of sp³-hybridized carbons (Fsp3) is 0.818. The van der Waals surface area contributed by atoms with Gasteiger partial charge in [-0.25, -0.2) is 0 Å². The second kappa shape index (κ2) is 5.30. The highest BCUT2D eigenvalue weighted by molar-refractivity contribution is 5.83. The Kier molecular flexibility index (Phi) is 3.77. The van der Waals surface area contributed by atoms with Crippen molar-refractivity contribution in [1.82, 2.24) is 10.6 Å². The first-order chi connectivity index (χ1) is 7.75. The number of carbonyl (C=O) groups excluding carboxylic acids is 2. The lowest BCUT2D eigenvalue weighted by Gasteiger charge is -2.22. The predicted octanol–water partition coefficient (Wildman–Crippen LogP) is -0.192. The van der Waals surface area contributed by atoms with Gasteiger partial charge in [-0.2, -0.15) is 0 Å². The molecular formula is C11H18N2O3. The van der Waals surface area contributed by atoms with Gasteiger partial charge >= 0.3 is 0 Å². The van der Waals surface area contributed by atoms with Crippen molar-refractivity contribution in [1.29, 1.82) is 0 Å². The van der Waals surface area contributed by atoms with Gasteiger partial charge in [-0.1, -0.05) is 0 Å². The highest BCUT2D eigenvalue weighted by Gasteiger charge is 2.25. The van der Waals surface area contributed by atoms with Crippen LogP contribution in [0.15, 0.2) is 0 Å². The average molecular weight is 226 g/mol. The van der Waals surface area contributed by atoms with Crippen molar-refractivity contribution >= 4 is 11.8 Å². The van der Waals surface area contributed by atoms with Crippen molar-refractivity contribution in [2.24, 2.45) is 5.92 Å². The summed E-state index contributed by atoms with van der Waals surface area (Å²) in [6, 6.07) is 0. The molecule has 2 aliphatic rings. The molecule has 2 N–H and O–H groups in total. The summed E-state index contributed by atoms with van der Waals surface area (Å²) in [5.74, 6) is 0.0118. The van der Waals surface area contributed by atoms with Crippen LogP contribution in [0.1, 0.15) is 25.7 Å². The van der Waals surface area contributed by atoms with Crippen LogP contribution >= 0.6 is 0 Å². The molecule has 5 heteroatoms. The van der Waals surface area contributed by atoms with Gasteiger partial charge in [-0.15, -0.1) is 0 Å². The third-order valence-electron chi connectivity index (χ3n) is 3.16.